The summed E-state index contributed by atoms with van der Waals surface area (Å²) in [6, 6.07) is 13.7. The largest absolute Gasteiger partial charge is 0.467 e. The summed E-state index contributed by atoms with van der Waals surface area (Å²) in [4.78, 5) is 37.4. The summed E-state index contributed by atoms with van der Waals surface area (Å²) in [7, 11) is 1.33. The predicted molar refractivity (Wildman–Crippen MR) is 109 cm³/mol. The van der Waals surface area contributed by atoms with E-state index in [0.29, 0.717) is 29.7 Å². The van der Waals surface area contributed by atoms with E-state index in [0.717, 1.165) is 17.3 Å². The average Bonchev–Trinajstić information content (AvgIpc) is 3.17. The third kappa shape index (κ3) is 4.42. The Morgan fingerprint density at radius 2 is 1.61 bits per heavy atom. The molecule has 146 valence electrons. The number of hydrogen-bond donors (Lipinski definition) is 2. The summed E-state index contributed by atoms with van der Waals surface area (Å²) in [5.41, 5.74) is 0.389. The lowest BCUT2D eigenvalue weighted by atomic mass is 9.97. The van der Waals surface area contributed by atoms with Crippen LogP contribution in [0.15, 0.2) is 53.0 Å². The van der Waals surface area contributed by atoms with Gasteiger partial charge in [-0.3, -0.25) is 9.59 Å². The molecule has 28 heavy (non-hydrogen) atoms. The Morgan fingerprint density at radius 3 is 2.25 bits per heavy atom. The molecule has 3 rings (SSSR count). The van der Waals surface area contributed by atoms with Crippen LogP contribution in [0, 0.1) is 0 Å². The van der Waals surface area contributed by atoms with Crippen LogP contribution in [0.1, 0.15) is 46.4 Å². The van der Waals surface area contributed by atoms with Crippen LogP contribution in [0.25, 0.3) is 0 Å². The van der Waals surface area contributed by atoms with Crippen molar-refractivity contribution in [3.63, 3.8) is 0 Å². The number of carbonyl (C=O) groups is 3. The molecule has 0 aliphatic heterocycles. The highest BCUT2D eigenvalue weighted by atomic mass is 79.9. The van der Waals surface area contributed by atoms with E-state index in [1.807, 2.05) is 6.07 Å². The lowest BCUT2D eigenvalue weighted by molar-refractivity contribution is -0.148. The molecule has 0 saturated heterocycles. The zero-order valence-electron chi connectivity index (χ0n) is 15.5. The molecule has 6 nitrogen and oxygen atoms in total. The molecule has 2 amide bonds. The number of ether oxygens (including phenoxy) is 1. The van der Waals surface area contributed by atoms with Gasteiger partial charge in [-0.2, -0.15) is 0 Å². The van der Waals surface area contributed by atoms with Crippen molar-refractivity contribution in [1.29, 1.82) is 0 Å². The third-order valence-electron chi connectivity index (χ3n) is 4.86. The van der Waals surface area contributed by atoms with Gasteiger partial charge in [-0.1, -0.05) is 40.9 Å². The molecule has 0 bridgehead atoms. The van der Waals surface area contributed by atoms with E-state index in [1.165, 1.54) is 7.11 Å². The maximum Gasteiger partial charge on any atom is 0.331 e. The van der Waals surface area contributed by atoms with Crippen molar-refractivity contribution in [3.05, 3.63) is 64.1 Å². The van der Waals surface area contributed by atoms with E-state index in [9.17, 15) is 14.4 Å². The highest BCUT2D eigenvalue weighted by Crippen LogP contribution is 2.31. The van der Waals surface area contributed by atoms with E-state index in [1.54, 1.807) is 42.5 Å². The Bertz CT molecular complexity index is 907. The smallest absolute Gasteiger partial charge is 0.331 e. The molecule has 0 spiro atoms. The van der Waals surface area contributed by atoms with Gasteiger partial charge in [0.2, 0.25) is 0 Å². The number of nitrogens with one attached hydrogen (secondary N) is 2. The van der Waals surface area contributed by atoms with Crippen molar-refractivity contribution in [2.24, 2.45) is 0 Å². The van der Waals surface area contributed by atoms with E-state index in [4.69, 9.17) is 4.74 Å². The summed E-state index contributed by atoms with van der Waals surface area (Å²) < 4.78 is 5.70. The van der Waals surface area contributed by atoms with Crippen molar-refractivity contribution in [2.45, 2.75) is 31.2 Å². The first-order chi connectivity index (χ1) is 13.4. The van der Waals surface area contributed by atoms with Crippen LogP contribution in [-0.4, -0.2) is 30.4 Å². The molecule has 0 heterocycles. The van der Waals surface area contributed by atoms with Crippen molar-refractivity contribution in [3.8, 4) is 0 Å². The molecule has 0 unspecified atom stereocenters. The second-order valence-electron chi connectivity index (χ2n) is 6.78. The number of anilines is 1. The van der Waals surface area contributed by atoms with Gasteiger partial charge >= 0.3 is 5.97 Å². The Hall–Kier alpha value is -2.67. The van der Waals surface area contributed by atoms with Gasteiger partial charge in [0, 0.05) is 21.3 Å². The maximum absolute atomic E-state index is 12.7. The molecular formula is C21H21BrN2O4. The van der Waals surface area contributed by atoms with Crippen molar-refractivity contribution >= 4 is 39.4 Å². The SMILES string of the molecule is COC(=O)C1(NC(=O)c2cccc(NC(=O)c3cccc(Br)c3)c2)CCCC1. The molecule has 1 fully saturated rings. The number of halogens is 1. The van der Waals surface area contributed by atoms with Gasteiger partial charge in [0.15, 0.2) is 0 Å². The first-order valence-electron chi connectivity index (χ1n) is 9.01. The van der Waals surface area contributed by atoms with Crippen LogP contribution < -0.4 is 10.6 Å². The lowest BCUT2D eigenvalue weighted by Gasteiger charge is -2.27. The first-order valence-corrected chi connectivity index (χ1v) is 9.81. The molecule has 1 saturated carbocycles. The predicted octanol–water partition coefficient (Wildman–Crippen LogP) is 3.92. The fraction of sp³-hybridized carbons (Fsp3) is 0.286. The molecule has 0 radical (unpaired) electrons. The quantitative estimate of drug-likeness (QED) is 0.684. The normalized spacial score (nSPS) is 14.9. The number of rotatable bonds is 5. The van der Waals surface area contributed by atoms with E-state index >= 15 is 0 Å². The van der Waals surface area contributed by atoms with E-state index in [2.05, 4.69) is 26.6 Å². The van der Waals surface area contributed by atoms with Crippen LogP contribution in [-0.2, 0) is 9.53 Å². The van der Waals surface area contributed by atoms with Crippen molar-refractivity contribution in [2.75, 3.05) is 12.4 Å². The third-order valence-corrected chi connectivity index (χ3v) is 5.35. The molecule has 2 aromatic carbocycles. The Labute approximate surface area is 171 Å². The van der Waals surface area contributed by atoms with Crippen molar-refractivity contribution in [1.82, 2.24) is 5.32 Å². The van der Waals surface area contributed by atoms with Crippen molar-refractivity contribution < 1.29 is 19.1 Å². The Kier molecular flexibility index (Phi) is 6.14. The number of benzene rings is 2. The first kappa shape index (κ1) is 20.1. The summed E-state index contributed by atoms with van der Waals surface area (Å²) in [5, 5.41) is 5.63. The molecule has 0 aromatic heterocycles. The number of esters is 1. The molecule has 2 aromatic rings. The van der Waals surface area contributed by atoms with Gasteiger partial charge in [0.1, 0.15) is 5.54 Å². The molecule has 1 aliphatic carbocycles. The number of hydrogen-bond acceptors (Lipinski definition) is 4. The van der Waals surface area contributed by atoms with Gasteiger partial charge in [-0.25, -0.2) is 4.79 Å². The van der Waals surface area contributed by atoms with Gasteiger partial charge in [0.25, 0.3) is 11.8 Å². The molecule has 2 N–H and O–H groups in total. The van der Waals surface area contributed by atoms with E-state index < -0.39 is 11.5 Å². The number of carbonyl (C=O) groups excluding carboxylic acids is 3. The molecule has 1 aliphatic rings. The highest BCUT2D eigenvalue weighted by Gasteiger charge is 2.43. The van der Waals surface area contributed by atoms with Gasteiger partial charge in [-0.15, -0.1) is 0 Å². The fourth-order valence-corrected chi connectivity index (χ4v) is 3.81. The topological polar surface area (TPSA) is 84.5 Å². The van der Waals surface area contributed by atoms with Crippen LogP contribution in [0.3, 0.4) is 0 Å². The maximum atomic E-state index is 12.7. The zero-order valence-corrected chi connectivity index (χ0v) is 17.0. The Morgan fingerprint density at radius 1 is 0.964 bits per heavy atom. The zero-order chi connectivity index (χ0) is 20.1. The summed E-state index contributed by atoms with van der Waals surface area (Å²) >= 11 is 3.34. The minimum absolute atomic E-state index is 0.277. The lowest BCUT2D eigenvalue weighted by Crippen LogP contribution is -2.53. The van der Waals surface area contributed by atoms with Crippen LogP contribution in [0.4, 0.5) is 5.69 Å². The summed E-state index contributed by atoms with van der Waals surface area (Å²) in [6.07, 6.45) is 2.84. The van der Waals surface area contributed by atoms with Gasteiger partial charge < -0.3 is 15.4 Å². The molecular weight excluding hydrogens is 424 g/mol. The second-order valence-corrected chi connectivity index (χ2v) is 7.70. The van der Waals surface area contributed by atoms with E-state index in [-0.39, 0.29) is 11.8 Å². The minimum Gasteiger partial charge on any atom is -0.467 e. The van der Waals surface area contributed by atoms with Crippen LogP contribution in [0.5, 0.6) is 0 Å². The summed E-state index contributed by atoms with van der Waals surface area (Å²) in [5.74, 6) is -1.07. The van der Waals surface area contributed by atoms with Crippen LogP contribution >= 0.6 is 15.9 Å². The Balaban J connectivity index is 1.74. The summed E-state index contributed by atoms with van der Waals surface area (Å²) in [6.45, 7) is 0. The number of amides is 2. The van der Waals surface area contributed by atoms with Gasteiger partial charge in [-0.05, 0) is 49.2 Å². The standard InChI is InChI=1S/C21H21BrN2O4/c1-28-20(27)21(10-2-3-11-21)24-19(26)15-7-5-9-17(13-15)23-18(25)14-6-4-8-16(22)12-14/h4-9,12-13H,2-3,10-11H2,1H3,(H,23,25)(H,24,26). The fourth-order valence-electron chi connectivity index (χ4n) is 3.41. The monoisotopic (exact) mass is 444 g/mol. The minimum atomic E-state index is -0.971. The second kappa shape index (κ2) is 8.56. The molecule has 0 atom stereocenters. The van der Waals surface area contributed by atoms with Gasteiger partial charge in [0.05, 0.1) is 7.11 Å². The average molecular weight is 445 g/mol. The van der Waals surface area contributed by atoms with Crippen LogP contribution in [0.2, 0.25) is 0 Å². The number of methoxy groups -OCH3 is 1. The highest BCUT2D eigenvalue weighted by molar-refractivity contribution is 9.10. The molecule has 7 heteroatoms.